The molecular weight excluding hydrogens is 268 g/mol. The van der Waals surface area contributed by atoms with Crippen molar-refractivity contribution in [3.05, 3.63) is 60.2 Å². The molecule has 0 aliphatic rings. The first-order valence-corrected chi connectivity index (χ1v) is 6.56. The van der Waals surface area contributed by atoms with Gasteiger partial charge < -0.3 is 10.6 Å². The molecule has 0 spiro atoms. The number of amides is 2. The molecule has 6 heteroatoms. The van der Waals surface area contributed by atoms with E-state index in [4.69, 9.17) is 0 Å². The molecule has 1 unspecified atom stereocenters. The van der Waals surface area contributed by atoms with Crippen LogP contribution in [0.4, 0.5) is 0 Å². The van der Waals surface area contributed by atoms with Gasteiger partial charge >= 0.3 is 0 Å². The van der Waals surface area contributed by atoms with Crippen molar-refractivity contribution in [1.29, 1.82) is 0 Å². The van der Waals surface area contributed by atoms with Gasteiger partial charge in [-0.2, -0.15) is 0 Å². The second-order valence-corrected chi connectivity index (χ2v) is 4.56. The highest BCUT2D eigenvalue weighted by atomic mass is 16.2. The zero-order chi connectivity index (χ0) is 15.1. The van der Waals surface area contributed by atoms with Gasteiger partial charge in [0, 0.05) is 48.5 Å². The molecule has 0 saturated heterocycles. The first-order valence-electron chi connectivity index (χ1n) is 6.56. The van der Waals surface area contributed by atoms with Crippen LogP contribution in [0.1, 0.15) is 27.6 Å². The third-order valence-electron chi connectivity index (χ3n) is 2.83. The maximum absolute atomic E-state index is 11.9. The summed E-state index contributed by atoms with van der Waals surface area (Å²) < 4.78 is 0. The van der Waals surface area contributed by atoms with E-state index in [1.165, 1.54) is 0 Å². The fourth-order valence-electron chi connectivity index (χ4n) is 1.71. The predicted molar refractivity (Wildman–Crippen MR) is 77.7 cm³/mol. The maximum Gasteiger partial charge on any atom is 0.251 e. The summed E-state index contributed by atoms with van der Waals surface area (Å²) in [5.74, 6) is -0.384. The summed E-state index contributed by atoms with van der Waals surface area (Å²) in [4.78, 5) is 31.5. The molecule has 0 radical (unpaired) electrons. The van der Waals surface area contributed by atoms with Crippen molar-refractivity contribution in [2.24, 2.45) is 0 Å². The molecule has 2 aromatic heterocycles. The van der Waals surface area contributed by atoms with E-state index in [-0.39, 0.29) is 17.9 Å². The molecule has 0 aliphatic carbocycles. The summed E-state index contributed by atoms with van der Waals surface area (Å²) in [5, 5.41) is 5.57. The van der Waals surface area contributed by atoms with Crippen molar-refractivity contribution in [3.8, 4) is 0 Å². The molecule has 0 aliphatic heterocycles. The molecule has 1 atom stereocenters. The summed E-state index contributed by atoms with van der Waals surface area (Å²) in [6.07, 6.45) is 6.24. The molecule has 2 N–H and O–H groups in total. The van der Waals surface area contributed by atoms with Crippen LogP contribution in [0.2, 0.25) is 0 Å². The lowest BCUT2D eigenvalue weighted by atomic mass is 10.2. The molecule has 2 heterocycles. The smallest absolute Gasteiger partial charge is 0.251 e. The number of nitrogens with zero attached hydrogens (tertiary/aromatic N) is 2. The molecule has 2 aromatic rings. The molecule has 21 heavy (non-hydrogen) atoms. The molecule has 2 rings (SSSR count). The number of rotatable bonds is 5. The molecule has 0 aromatic carbocycles. The van der Waals surface area contributed by atoms with Crippen LogP contribution in [0.15, 0.2) is 49.1 Å². The summed E-state index contributed by atoms with van der Waals surface area (Å²) in [7, 11) is 0. The zero-order valence-corrected chi connectivity index (χ0v) is 11.6. The monoisotopic (exact) mass is 284 g/mol. The van der Waals surface area contributed by atoms with E-state index >= 15 is 0 Å². The fraction of sp³-hybridized carbons (Fsp3) is 0.200. The van der Waals surface area contributed by atoms with Crippen LogP contribution >= 0.6 is 0 Å². The van der Waals surface area contributed by atoms with Gasteiger partial charge in [-0.3, -0.25) is 19.6 Å². The topological polar surface area (TPSA) is 84.0 Å². The summed E-state index contributed by atoms with van der Waals surface area (Å²) in [6.45, 7) is 2.17. The van der Waals surface area contributed by atoms with Crippen LogP contribution in [0, 0.1) is 0 Å². The first-order chi connectivity index (χ1) is 10.2. The van der Waals surface area contributed by atoms with Gasteiger partial charge in [-0.25, -0.2) is 0 Å². The van der Waals surface area contributed by atoms with Gasteiger partial charge in [-0.15, -0.1) is 0 Å². The Morgan fingerprint density at radius 2 is 1.43 bits per heavy atom. The van der Waals surface area contributed by atoms with Gasteiger partial charge in [0.15, 0.2) is 0 Å². The van der Waals surface area contributed by atoms with Crippen LogP contribution in [0.5, 0.6) is 0 Å². The Kier molecular flexibility index (Phi) is 4.98. The van der Waals surface area contributed by atoms with E-state index in [1.807, 2.05) is 6.92 Å². The maximum atomic E-state index is 11.9. The molecule has 0 bridgehead atoms. The quantitative estimate of drug-likeness (QED) is 0.858. The predicted octanol–water partition coefficient (Wildman–Crippen LogP) is 1.02. The molecule has 108 valence electrons. The van der Waals surface area contributed by atoms with Crippen molar-refractivity contribution >= 4 is 11.8 Å². The Morgan fingerprint density at radius 1 is 0.952 bits per heavy atom. The Hall–Kier alpha value is -2.76. The number of hydrogen-bond donors (Lipinski definition) is 2. The number of aromatic nitrogens is 2. The highest BCUT2D eigenvalue weighted by molar-refractivity contribution is 5.95. The SMILES string of the molecule is CC(CNC(=O)c1ccncc1)NC(=O)c1ccncc1. The number of carbonyl (C=O) groups is 2. The summed E-state index contributed by atoms with van der Waals surface area (Å²) in [6, 6.07) is 6.36. The minimum atomic E-state index is -0.192. The average molecular weight is 284 g/mol. The largest absolute Gasteiger partial charge is 0.350 e. The second kappa shape index (κ2) is 7.14. The molecule has 0 fully saturated rings. The summed E-state index contributed by atoms with van der Waals surface area (Å²) >= 11 is 0. The molecular formula is C15H16N4O2. The molecule has 0 saturated carbocycles. The molecule has 6 nitrogen and oxygen atoms in total. The van der Waals surface area contributed by atoms with Gasteiger partial charge in [0.25, 0.3) is 11.8 Å². The standard InChI is InChI=1S/C15H16N4O2/c1-11(19-15(21)13-4-8-17-9-5-13)10-18-14(20)12-2-6-16-7-3-12/h2-9,11H,10H2,1H3,(H,18,20)(H,19,21). The van der Waals surface area contributed by atoms with Crippen LogP contribution in [0.3, 0.4) is 0 Å². The Labute approximate surface area is 122 Å². The zero-order valence-electron chi connectivity index (χ0n) is 11.6. The number of nitrogens with one attached hydrogen (secondary N) is 2. The Morgan fingerprint density at radius 3 is 1.95 bits per heavy atom. The third kappa shape index (κ3) is 4.38. The van der Waals surface area contributed by atoms with Crippen LogP contribution in [0.25, 0.3) is 0 Å². The normalized spacial score (nSPS) is 11.5. The molecule has 2 amide bonds. The van der Waals surface area contributed by atoms with Gasteiger partial charge in [0.05, 0.1) is 0 Å². The first kappa shape index (κ1) is 14.6. The van der Waals surface area contributed by atoms with E-state index in [1.54, 1.807) is 49.1 Å². The number of hydrogen-bond acceptors (Lipinski definition) is 4. The number of pyridine rings is 2. The highest BCUT2D eigenvalue weighted by Crippen LogP contribution is 1.98. The lowest BCUT2D eigenvalue weighted by Gasteiger charge is -2.14. The van der Waals surface area contributed by atoms with E-state index < -0.39 is 0 Å². The van der Waals surface area contributed by atoms with Crippen molar-refractivity contribution in [2.75, 3.05) is 6.54 Å². The lowest BCUT2D eigenvalue weighted by Crippen LogP contribution is -2.41. The van der Waals surface area contributed by atoms with Crippen molar-refractivity contribution in [1.82, 2.24) is 20.6 Å². The Balaban J connectivity index is 1.81. The minimum absolute atomic E-state index is 0.184. The van der Waals surface area contributed by atoms with Crippen molar-refractivity contribution in [3.63, 3.8) is 0 Å². The van der Waals surface area contributed by atoms with Crippen LogP contribution in [-0.2, 0) is 0 Å². The second-order valence-electron chi connectivity index (χ2n) is 4.56. The van der Waals surface area contributed by atoms with E-state index in [9.17, 15) is 9.59 Å². The van der Waals surface area contributed by atoms with Crippen molar-refractivity contribution in [2.45, 2.75) is 13.0 Å². The lowest BCUT2D eigenvalue weighted by molar-refractivity contribution is 0.0912. The van der Waals surface area contributed by atoms with Crippen LogP contribution in [-0.4, -0.2) is 34.4 Å². The number of carbonyl (C=O) groups excluding carboxylic acids is 2. The summed E-state index contributed by atoms with van der Waals surface area (Å²) in [5.41, 5.74) is 1.08. The third-order valence-corrected chi connectivity index (χ3v) is 2.83. The van der Waals surface area contributed by atoms with E-state index in [0.29, 0.717) is 17.7 Å². The minimum Gasteiger partial charge on any atom is -0.350 e. The Bertz CT molecular complexity index is 602. The van der Waals surface area contributed by atoms with Crippen molar-refractivity contribution < 1.29 is 9.59 Å². The van der Waals surface area contributed by atoms with Gasteiger partial charge in [0.1, 0.15) is 0 Å². The van der Waals surface area contributed by atoms with E-state index in [0.717, 1.165) is 0 Å². The van der Waals surface area contributed by atoms with Crippen LogP contribution < -0.4 is 10.6 Å². The van der Waals surface area contributed by atoms with Gasteiger partial charge in [0.2, 0.25) is 0 Å². The highest BCUT2D eigenvalue weighted by Gasteiger charge is 2.11. The average Bonchev–Trinajstić information content (AvgIpc) is 2.54. The van der Waals surface area contributed by atoms with Gasteiger partial charge in [-0.05, 0) is 31.2 Å². The van der Waals surface area contributed by atoms with E-state index in [2.05, 4.69) is 20.6 Å². The fourth-order valence-corrected chi connectivity index (χ4v) is 1.71. The van der Waals surface area contributed by atoms with Gasteiger partial charge in [-0.1, -0.05) is 0 Å².